The average Bonchev–Trinajstić information content (AvgIpc) is 2.45. The molecule has 1 amide bonds. The third kappa shape index (κ3) is 7.43. The highest BCUT2D eigenvalue weighted by atomic mass is 16.5. The number of nitrogens with one attached hydrogen (secondary N) is 1. The van der Waals surface area contributed by atoms with E-state index in [1.807, 2.05) is 56.9 Å². The quantitative estimate of drug-likeness (QED) is 0.727. The van der Waals surface area contributed by atoms with Crippen molar-refractivity contribution in [2.24, 2.45) is 0 Å². The third-order valence-electron chi connectivity index (χ3n) is 3.20. The fraction of sp³-hybridized carbons (Fsp3) is 0.588. The van der Waals surface area contributed by atoms with Gasteiger partial charge in [-0.05, 0) is 39.4 Å². The molecule has 1 rings (SSSR count). The summed E-state index contributed by atoms with van der Waals surface area (Å²) in [4.78, 5) is 13.7. The molecule has 0 aromatic heterocycles. The molecule has 0 saturated carbocycles. The minimum atomic E-state index is -0.631. The number of hydrogen-bond donors (Lipinski definition) is 2. The molecule has 2 N–H and O–H groups in total. The first-order valence-corrected chi connectivity index (χ1v) is 7.80. The lowest BCUT2D eigenvalue weighted by molar-refractivity contribution is -0.123. The number of aryl methyl sites for hydroxylation is 1. The molecule has 0 aliphatic heterocycles. The molecule has 0 aliphatic carbocycles. The van der Waals surface area contributed by atoms with Gasteiger partial charge in [0, 0.05) is 12.6 Å². The molecular weight excluding hydrogens is 280 g/mol. The van der Waals surface area contributed by atoms with Gasteiger partial charge in [-0.2, -0.15) is 0 Å². The van der Waals surface area contributed by atoms with Crippen molar-refractivity contribution in [2.75, 3.05) is 26.2 Å². The molecule has 0 heterocycles. The molecular formula is C17H28N2O3. The SMILES string of the molecule is CCN(CC(=O)NC(C)C)CC(O)COc1ccc(C)cc1. The number of likely N-dealkylation sites (N-methyl/N-ethyl adjacent to an activating group) is 1. The third-order valence-corrected chi connectivity index (χ3v) is 3.20. The van der Waals surface area contributed by atoms with Crippen LogP contribution in [0.5, 0.6) is 5.75 Å². The number of ether oxygens (including phenoxy) is 1. The van der Waals surface area contributed by atoms with E-state index >= 15 is 0 Å². The molecule has 5 nitrogen and oxygen atoms in total. The molecule has 1 unspecified atom stereocenters. The highest BCUT2D eigenvalue weighted by Gasteiger charge is 2.14. The Morgan fingerprint density at radius 1 is 1.32 bits per heavy atom. The molecule has 0 aliphatic rings. The van der Waals surface area contributed by atoms with E-state index in [9.17, 15) is 9.90 Å². The first kappa shape index (κ1) is 18.5. The summed E-state index contributed by atoms with van der Waals surface area (Å²) in [5.74, 6) is 0.716. The van der Waals surface area contributed by atoms with Crippen LogP contribution in [0.25, 0.3) is 0 Å². The van der Waals surface area contributed by atoms with E-state index in [4.69, 9.17) is 4.74 Å². The summed E-state index contributed by atoms with van der Waals surface area (Å²) in [5.41, 5.74) is 1.17. The number of benzene rings is 1. The second-order valence-corrected chi connectivity index (χ2v) is 5.83. The van der Waals surface area contributed by atoms with Crippen LogP contribution in [0, 0.1) is 6.92 Å². The van der Waals surface area contributed by atoms with Crippen molar-refractivity contribution in [2.45, 2.75) is 39.8 Å². The van der Waals surface area contributed by atoms with Crippen LogP contribution in [0.2, 0.25) is 0 Å². The van der Waals surface area contributed by atoms with E-state index in [2.05, 4.69) is 5.32 Å². The van der Waals surface area contributed by atoms with Crippen molar-refractivity contribution in [3.63, 3.8) is 0 Å². The number of aliphatic hydroxyl groups is 1. The summed E-state index contributed by atoms with van der Waals surface area (Å²) >= 11 is 0. The average molecular weight is 308 g/mol. The number of carbonyl (C=O) groups is 1. The second-order valence-electron chi connectivity index (χ2n) is 5.83. The van der Waals surface area contributed by atoms with E-state index in [1.165, 1.54) is 5.56 Å². The molecule has 0 bridgehead atoms. The summed E-state index contributed by atoms with van der Waals surface area (Å²) in [6, 6.07) is 7.83. The molecule has 1 aromatic rings. The molecule has 5 heteroatoms. The highest BCUT2D eigenvalue weighted by Crippen LogP contribution is 2.11. The smallest absolute Gasteiger partial charge is 0.234 e. The Kier molecular flexibility index (Phi) is 7.91. The van der Waals surface area contributed by atoms with Gasteiger partial charge in [0.15, 0.2) is 0 Å². The summed E-state index contributed by atoms with van der Waals surface area (Å²) in [7, 11) is 0. The number of amides is 1. The topological polar surface area (TPSA) is 61.8 Å². The van der Waals surface area contributed by atoms with Crippen molar-refractivity contribution < 1.29 is 14.6 Å². The Balaban J connectivity index is 2.36. The van der Waals surface area contributed by atoms with Crippen LogP contribution in [0.15, 0.2) is 24.3 Å². The standard InChI is InChI=1S/C17H28N2O3/c1-5-19(11-17(21)18-13(2)3)10-15(20)12-22-16-8-6-14(4)7-9-16/h6-9,13,15,20H,5,10-12H2,1-4H3,(H,18,21). The van der Waals surface area contributed by atoms with Gasteiger partial charge in [-0.25, -0.2) is 0 Å². The van der Waals surface area contributed by atoms with Gasteiger partial charge >= 0.3 is 0 Å². The minimum absolute atomic E-state index is 0.0245. The molecule has 1 atom stereocenters. The molecule has 0 saturated heterocycles. The monoisotopic (exact) mass is 308 g/mol. The van der Waals surface area contributed by atoms with Gasteiger partial charge in [0.2, 0.25) is 5.91 Å². The van der Waals surface area contributed by atoms with Crippen molar-refractivity contribution in [1.82, 2.24) is 10.2 Å². The molecule has 124 valence electrons. The van der Waals surface area contributed by atoms with Crippen molar-refractivity contribution in [3.05, 3.63) is 29.8 Å². The fourth-order valence-electron chi connectivity index (χ4n) is 2.05. The van der Waals surface area contributed by atoms with Crippen LogP contribution in [0.4, 0.5) is 0 Å². The number of rotatable bonds is 9. The van der Waals surface area contributed by atoms with Gasteiger partial charge in [0.05, 0.1) is 6.54 Å². The molecule has 1 aromatic carbocycles. The maximum atomic E-state index is 11.7. The van der Waals surface area contributed by atoms with Crippen LogP contribution in [0.1, 0.15) is 26.3 Å². The maximum absolute atomic E-state index is 11.7. The first-order chi connectivity index (χ1) is 10.4. The van der Waals surface area contributed by atoms with Crippen molar-refractivity contribution >= 4 is 5.91 Å². The first-order valence-electron chi connectivity index (χ1n) is 7.80. The Morgan fingerprint density at radius 2 is 1.95 bits per heavy atom. The number of aliphatic hydroxyl groups excluding tert-OH is 1. The van der Waals surface area contributed by atoms with Gasteiger partial charge in [-0.15, -0.1) is 0 Å². The lowest BCUT2D eigenvalue weighted by atomic mass is 10.2. The Morgan fingerprint density at radius 3 is 2.50 bits per heavy atom. The normalized spacial score (nSPS) is 12.5. The van der Waals surface area contributed by atoms with Crippen LogP contribution in [0.3, 0.4) is 0 Å². The lowest BCUT2D eigenvalue weighted by Gasteiger charge is -2.23. The van der Waals surface area contributed by atoms with Gasteiger partial charge < -0.3 is 15.2 Å². The molecule has 0 fully saturated rings. The summed E-state index contributed by atoms with van der Waals surface area (Å²) in [5, 5.41) is 12.9. The Bertz CT molecular complexity index is 446. The van der Waals surface area contributed by atoms with E-state index in [-0.39, 0.29) is 25.1 Å². The van der Waals surface area contributed by atoms with Crippen LogP contribution < -0.4 is 10.1 Å². The van der Waals surface area contributed by atoms with Crippen LogP contribution >= 0.6 is 0 Å². The number of hydrogen-bond acceptors (Lipinski definition) is 4. The zero-order chi connectivity index (χ0) is 16.5. The van der Waals surface area contributed by atoms with Gasteiger partial charge in [-0.3, -0.25) is 9.69 Å². The molecule has 0 spiro atoms. The Labute approximate surface area is 133 Å². The maximum Gasteiger partial charge on any atom is 0.234 e. The summed E-state index contributed by atoms with van der Waals surface area (Å²) in [6.07, 6.45) is -0.631. The minimum Gasteiger partial charge on any atom is -0.491 e. The van der Waals surface area contributed by atoms with E-state index in [0.717, 1.165) is 5.75 Å². The zero-order valence-corrected chi connectivity index (χ0v) is 14.0. The zero-order valence-electron chi connectivity index (χ0n) is 14.0. The van der Waals surface area contributed by atoms with Gasteiger partial charge in [0.1, 0.15) is 18.5 Å². The largest absolute Gasteiger partial charge is 0.491 e. The Hall–Kier alpha value is -1.59. The predicted molar refractivity (Wildman–Crippen MR) is 88.1 cm³/mol. The van der Waals surface area contributed by atoms with E-state index < -0.39 is 6.10 Å². The predicted octanol–water partition coefficient (Wildman–Crippen LogP) is 1.58. The number of nitrogens with zero attached hydrogens (tertiary/aromatic N) is 1. The summed E-state index contributed by atoms with van der Waals surface area (Å²) in [6.45, 7) is 9.45. The highest BCUT2D eigenvalue weighted by molar-refractivity contribution is 5.78. The lowest BCUT2D eigenvalue weighted by Crippen LogP contribution is -2.43. The second kappa shape index (κ2) is 9.43. The molecule has 0 radical (unpaired) electrons. The van der Waals surface area contributed by atoms with Crippen LogP contribution in [-0.4, -0.2) is 54.3 Å². The van der Waals surface area contributed by atoms with E-state index in [0.29, 0.717) is 13.1 Å². The fourth-order valence-corrected chi connectivity index (χ4v) is 2.05. The van der Waals surface area contributed by atoms with Crippen LogP contribution in [-0.2, 0) is 4.79 Å². The van der Waals surface area contributed by atoms with Crippen molar-refractivity contribution in [3.8, 4) is 5.75 Å². The van der Waals surface area contributed by atoms with Gasteiger partial charge in [0.25, 0.3) is 0 Å². The van der Waals surface area contributed by atoms with E-state index in [1.54, 1.807) is 0 Å². The molecule has 22 heavy (non-hydrogen) atoms. The summed E-state index contributed by atoms with van der Waals surface area (Å²) < 4.78 is 5.56. The van der Waals surface area contributed by atoms with Crippen molar-refractivity contribution in [1.29, 1.82) is 0 Å². The number of carbonyl (C=O) groups excluding carboxylic acids is 1. The van der Waals surface area contributed by atoms with Gasteiger partial charge in [-0.1, -0.05) is 24.6 Å².